The number of ether oxygens (including phenoxy) is 2. The van der Waals surface area contributed by atoms with Gasteiger partial charge < -0.3 is 9.47 Å². The summed E-state index contributed by atoms with van der Waals surface area (Å²) in [5.74, 6) is -0.254. The summed E-state index contributed by atoms with van der Waals surface area (Å²) in [6, 6.07) is 12.6. The Kier molecular flexibility index (Phi) is 8.38. The van der Waals surface area contributed by atoms with Gasteiger partial charge in [-0.2, -0.15) is 17.5 Å². The number of benzene rings is 2. The van der Waals surface area contributed by atoms with Crippen LogP contribution in [0, 0.1) is 12.8 Å². The van der Waals surface area contributed by atoms with E-state index in [-0.39, 0.29) is 41.9 Å². The van der Waals surface area contributed by atoms with E-state index in [1.807, 2.05) is 6.92 Å². The molecule has 0 aromatic heterocycles. The number of carbonyl (C=O) groups is 1. The third-order valence-electron chi connectivity index (χ3n) is 5.83. The van der Waals surface area contributed by atoms with E-state index in [2.05, 4.69) is 4.74 Å². The van der Waals surface area contributed by atoms with Crippen molar-refractivity contribution in [2.75, 3.05) is 26.8 Å². The molecule has 0 bridgehead atoms. The first kappa shape index (κ1) is 26.2. The largest absolute Gasteiger partial charge is 0.478 e. The number of carbonyl (C=O) groups excluding carboxylic acids is 1. The van der Waals surface area contributed by atoms with Crippen LogP contribution < -0.4 is 4.74 Å². The van der Waals surface area contributed by atoms with Gasteiger partial charge in [-0.1, -0.05) is 29.8 Å². The smallest absolute Gasteiger partial charge is 0.427 e. The number of ketones is 1. The van der Waals surface area contributed by atoms with Crippen LogP contribution in [0.4, 0.5) is 13.2 Å². The lowest BCUT2D eigenvalue weighted by atomic mass is 9.90. The van der Waals surface area contributed by atoms with Gasteiger partial charge in [0.25, 0.3) is 0 Å². The quantitative estimate of drug-likeness (QED) is 0.518. The number of rotatable bonds is 9. The van der Waals surface area contributed by atoms with Crippen molar-refractivity contribution >= 4 is 15.8 Å². The highest BCUT2D eigenvalue weighted by molar-refractivity contribution is 7.89. The molecule has 2 aromatic rings. The Morgan fingerprint density at radius 3 is 2.18 bits per heavy atom. The minimum absolute atomic E-state index is 0.0198. The van der Waals surface area contributed by atoms with Gasteiger partial charge >= 0.3 is 6.18 Å². The zero-order valence-electron chi connectivity index (χ0n) is 19.0. The Labute approximate surface area is 197 Å². The van der Waals surface area contributed by atoms with Crippen LogP contribution in [-0.2, 0) is 26.0 Å². The van der Waals surface area contributed by atoms with Crippen molar-refractivity contribution in [3.05, 3.63) is 59.7 Å². The summed E-state index contributed by atoms with van der Waals surface area (Å²) in [6.45, 7) is 1.78. The lowest BCUT2D eigenvalue weighted by Gasteiger charge is -2.30. The molecule has 1 fully saturated rings. The Morgan fingerprint density at radius 2 is 1.65 bits per heavy atom. The summed E-state index contributed by atoms with van der Waals surface area (Å²) in [5.41, 5.74) is 1.63. The van der Waals surface area contributed by atoms with Crippen molar-refractivity contribution in [1.29, 1.82) is 0 Å². The molecule has 1 aliphatic heterocycles. The Bertz CT molecular complexity index is 1060. The van der Waals surface area contributed by atoms with E-state index in [0.717, 1.165) is 5.56 Å². The predicted octanol–water partition coefficient (Wildman–Crippen LogP) is 4.16. The van der Waals surface area contributed by atoms with Crippen LogP contribution in [0.2, 0.25) is 0 Å². The Morgan fingerprint density at radius 1 is 1.06 bits per heavy atom. The maximum Gasteiger partial charge on any atom is 0.427 e. The zero-order valence-corrected chi connectivity index (χ0v) is 19.9. The zero-order chi connectivity index (χ0) is 24.9. The molecule has 0 amide bonds. The van der Waals surface area contributed by atoms with Gasteiger partial charge in [-0.25, -0.2) is 8.42 Å². The molecule has 1 unspecified atom stereocenters. The Hall–Kier alpha value is -2.43. The predicted molar refractivity (Wildman–Crippen MR) is 120 cm³/mol. The number of alkyl halides is 3. The van der Waals surface area contributed by atoms with Gasteiger partial charge in [0.15, 0.2) is 0 Å². The number of sulfonamides is 1. The molecule has 1 atom stereocenters. The molecule has 2 aromatic carbocycles. The average molecular weight is 500 g/mol. The normalized spacial score (nSPS) is 16.9. The second kappa shape index (κ2) is 10.9. The fourth-order valence-electron chi connectivity index (χ4n) is 3.82. The van der Waals surface area contributed by atoms with E-state index in [9.17, 15) is 26.4 Å². The monoisotopic (exact) mass is 499 g/mol. The first-order valence-electron chi connectivity index (χ1n) is 10.9. The van der Waals surface area contributed by atoms with Crippen LogP contribution in [0.25, 0.3) is 0 Å². The molecule has 1 saturated heterocycles. The highest BCUT2D eigenvalue weighted by Gasteiger charge is 2.42. The van der Waals surface area contributed by atoms with Crippen LogP contribution in [0.3, 0.4) is 0 Å². The standard InChI is InChI=1S/C24H28F3NO5S/c1-17-3-9-21(10-4-17)34(30,31)28-13-11-19(12-14-28)22(29)15-18-5-7-20(8-6-18)33-23(16-32-2)24(25,26)27/h3-10,19,23H,11-16H2,1-2H3. The molecular formula is C24H28F3NO5S. The third kappa shape index (κ3) is 6.58. The lowest BCUT2D eigenvalue weighted by Crippen LogP contribution is -2.40. The molecular weight excluding hydrogens is 471 g/mol. The van der Waals surface area contributed by atoms with Crippen LogP contribution in [0.15, 0.2) is 53.4 Å². The highest BCUT2D eigenvalue weighted by Crippen LogP contribution is 2.27. The summed E-state index contributed by atoms with van der Waals surface area (Å²) in [7, 11) is -2.43. The SMILES string of the molecule is COCC(Oc1ccc(CC(=O)C2CCN(S(=O)(=O)c3ccc(C)cc3)CC2)cc1)C(F)(F)F. The van der Waals surface area contributed by atoms with Crippen molar-refractivity contribution in [1.82, 2.24) is 4.31 Å². The Balaban J connectivity index is 1.54. The summed E-state index contributed by atoms with van der Waals surface area (Å²) in [4.78, 5) is 13.0. The summed E-state index contributed by atoms with van der Waals surface area (Å²) in [5, 5.41) is 0. The molecule has 1 heterocycles. The van der Waals surface area contributed by atoms with Crippen LogP contribution in [0.5, 0.6) is 5.75 Å². The molecule has 0 saturated carbocycles. The van der Waals surface area contributed by atoms with Crippen molar-refractivity contribution in [3.8, 4) is 5.75 Å². The number of aryl methyl sites for hydroxylation is 1. The van der Waals surface area contributed by atoms with E-state index in [1.54, 1.807) is 36.4 Å². The van der Waals surface area contributed by atoms with Crippen molar-refractivity contribution in [3.63, 3.8) is 0 Å². The van der Waals surface area contributed by atoms with Crippen molar-refractivity contribution in [2.24, 2.45) is 5.92 Å². The van der Waals surface area contributed by atoms with Crippen LogP contribution in [0.1, 0.15) is 24.0 Å². The number of Topliss-reactive ketones (excluding diaryl/α,β-unsaturated/α-hetero) is 1. The second-order valence-corrected chi connectivity index (χ2v) is 10.3. The van der Waals surface area contributed by atoms with Gasteiger partial charge in [0, 0.05) is 32.5 Å². The molecule has 6 nitrogen and oxygen atoms in total. The van der Waals surface area contributed by atoms with Crippen molar-refractivity contribution in [2.45, 2.75) is 43.4 Å². The number of halogens is 3. The van der Waals surface area contributed by atoms with Crippen LogP contribution >= 0.6 is 0 Å². The van der Waals surface area contributed by atoms with E-state index in [1.165, 1.54) is 23.5 Å². The molecule has 3 rings (SSSR count). The molecule has 0 N–H and O–H groups in total. The minimum Gasteiger partial charge on any atom is -0.478 e. The van der Waals surface area contributed by atoms with Gasteiger partial charge in [-0.3, -0.25) is 4.79 Å². The van der Waals surface area contributed by atoms with Gasteiger partial charge in [0.05, 0.1) is 11.5 Å². The van der Waals surface area contributed by atoms with Crippen molar-refractivity contribution < 1.29 is 35.9 Å². The summed E-state index contributed by atoms with van der Waals surface area (Å²) in [6.07, 6.45) is -5.67. The van der Waals surface area contributed by atoms with Gasteiger partial charge in [-0.15, -0.1) is 0 Å². The number of piperidine rings is 1. The van der Waals surface area contributed by atoms with Gasteiger partial charge in [0.2, 0.25) is 16.1 Å². The van der Waals surface area contributed by atoms with E-state index in [0.29, 0.717) is 18.4 Å². The first-order chi connectivity index (χ1) is 16.0. The maximum absolute atomic E-state index is 13.0. The molecule has 10 heteroatoms. The molecule has 34 heavy (non-hydrogen) atoms. The third-order valence-corrected chi connectivity index (χ3v) is 7.74. The minimum atomic E-state index is -4.56. The maximum atomic E-state index is 13.0. The fourth-order valence-corrected chi connectivity index (χ4v) is 5.29. The first-order valence-corrected chi connectivity index (χ1v) is 12.4. The topological polar surface area (TPSA) is 72.9 Å². The van der Waals surface area contributed by atoms with Gasteiger partial charge in [-0.05, 0) is 49.6 Å². The molecule has 0 radical (unpaired) electrons. The molecule has 0 spiro atoms. The van der Waals surface area contributed by atoms with Crippen LogP contribution in [-0.4, -0.2) is 57.6 Å². The van der Waals surface area contributed by atoms with E-state index >= 15 is 0 Å². The average Bonchev–Trinajstić information content (AvgIpc) is 2.80. The summed E-state index contributed by atoms with van der Waals surface area (Å²) >= 11 is 0. The van der Waals surface area contributed by atoms with Gasteiger partial charge in [0.1, 0.15) is 11.5 Å². The highest BCUT2D eigenvalue weighted by atomic mass is 32.2. The number of methoxy groups -OCH3 is 1. The fraction of sp³-hybridized carbons (Fsp3) is 0.458. The number of hydrogen-bond acceptors (Lipinski definition) is 5. The van der Waals surface area contributed by atoms with E-state index < -0.39 is 28.9 Å². The number of nitrogens with zero attached hydrogens (tertiary/aromatic N) is 1. The molecule has 1 aliphatic rings. The summed E-state index contributed by atoms with van der Waals surface area (Å²) < 4.78 is 75.5. The lowest BCUT2D eigenvalue weighted by molar-refractivity contribution is -0.206. The molecule has 0 aliphatic carbocycles. The van der Waals surface area contributed by atoms with E-state index in [4.69, 9.17) is 4.74 Å². The second-order valence-electron chi connectivity index (χ2n) is 8.38. The molecule has 186 valence electrons. The number of hydrogen-bond donors (Lipinski definition) is 0.